The molecule has 50 valence electrons. The third-order valence-corrected chi connectivity index (χ3v) is 0.534. The predicted molar refractivity (Wildman–Crippen MR) is 18.5 cm³/mol. The van der Waals surface area contributed by atoms with E-state index < -0.39 is 16.8 Å². The Morgan fingerprint density at radius 1 is 1.33 bits per heavy atom. The molecular formula is CHF3LiNO2S. The van der Waals surface area contributed by atoms with Crippen LogP contribution in [-0.4, -0.2) is 14.7 Å². The Labute approximate surface area is 63.6 Å². The summed E-state index contributed by atoms with van der Waals surface area (Å²) in [6.07, 6.45) is -4.97. The van der Waals surface area contributed by atoms with Crippen LogP contribution in [0.15, 0.2) is 4.36 Å². The Hall–Kier alpha value is 0.00740. The quantitative estimate of drug-likeness (QED) is 0.291. The first-order chi connectivity index (χ1) is 3.42. The molecule has 0 N–H and O–H groups in total. The van der Waals surface area contributed by atoms with Gasteiger partial charge in [-0.15, -0.1) is 13.2 Å². The maximum atomic E-state index is 10.7. The van der Waals surface area contributed by atoms with Gasteiger partial charge in [-0.25, -0.2) is 0 Å². The molecule has 0 aliphatic carbocycles. The van der Waals surface area contributed by atoms with E-state index in [4.69, 9.17) is 8.42 Å². The summed E-state index contributed by atoms with van der Waals surface area (Å²) in [7, 11) is -3.39. The average Bonchev–Trinajstić information content (AvgIpc) is 1.21. The normalized spacial score (nSPS) is 9.67. The number of alkyl halides is 3. The van der Waals surface area contributed by atoms with Gasteiger partial charge < -0.3 is 1.43 Å². The van der Waals surface area contributed by atoms with Crippen molar-refractivity contribution in [1.29, 1.82) is 0 Å². The second-order valence-corrected chi connectivity index (χ2v) is 1.39. The second-order valence-electron chi connectivity index (χ2n) is 0.776. The summed E-state index contributed by atoms with van der Waals surface area (Å²) in [5.74, 6) is 0. The molecule has 0 bridgehead atoms. The van der Waals surface area contributed by atoms with E-state index in [1.165, 1.54) is 4.36 Å². The van der Waals surface area contributed by atoms with Gasteiger partial charge in [0.15, 0.2) is 0 Å². The fraction of sp³-hybridized carbons (Fsp3) is 1.00. The van der Waals surface area contributed by atoms with Gasteiger partial charge in [-0.1, -0.05) is 4.36 Å². The molecule has 0 rings (SSSR count). The van der Waals surface area contributed by atoms with E-state index >= 15 is 0 Å². The number of nitrogens with zero attached hydrogens (tertiary/aromatic N) is 1. The van der Waals surface area contributed by atoms with Crippen LogP contribution in [0.5, 0.6) is 0 Å². The Kier molecular flexibility index (Phi) is 5.13. The maximum absolute atomic E-state index is 10.7. The fourth-order valence-corrected chi connectivity index (χ4v) is 0.254. The summed E-state index contributed by atoms with van der Waals surface area (Å²) in [5, 5.41) is 0. The van der Waals surface area contributed by atoms with Crippen LogP contribution in [0.3, 0.4) is 0 Å². The van der Waals surface area contributed by atoms with Crippen molar-refractivity contribution >= 4 is 10.5 Å². The van der Waals surface area contributed by atoms with Gasteiger partial charge in [-0.2, -0.15) is 8.42 Å². The van der Waals surface area contributed by atoms with E-state index in [-0.39, 0.29) is 20.3 Å². The number of hydrogen-bond donors (Lipinski definition) is 0. The number of rotatable bonds is 0. The smallest absolute Gasteiger partial charge is 1.00 e. The van der Waals surface area contributed by atoms with Crippen molar-refractivity contribution in [2.24, 2.45) is 4.36 Å². The van der Waals surface area contributed by atoms with Crippen LogP contribution in [0.1, 0.15) is 1.43 Å². The molecule has 0 aliphatic heterocycles. The summed E-state index contributed by atoms with van der Waals surface area (Å²) in [5.41, 5.74) is 0. The topological polar surface area (TPSA) is 46.5 Å². The molecule has 0 spiro atoms. The summed E-state index contributed by atoms with van der Waals surface area (Å²) < 4.78 is 51.8. The standard InChI is InChI=1S/CF3NO2S.Li.H/c2-1(3,4)5-8(6)7;;/q;+1;-1. The molecule has 0 radical (unpaired) electrons. The molecule has 3 nitrogen and oxygen atoms in total. The van der Waals surface area contributed by atoms with Gasteiger partial charge in [-0.05, 0) is 0 Å². The largest absolute Gasteiger partial charge is 1.00 e. The minimum Gasteiger partial charge on any atom is -1.00 e. The van der Waals surface area contributed by atoms with Gasteiger partial charge in [0, 0.05) is 0 Å². The molecule has 0 saturated heterocycles. The molecule has 0 amide bonds. The van der Waals surface area contributed by atoms with E-state index in [1.54, 1.807) is 0 Å². The van der Waals surface area contributed by atoms with Crippen molar-refractivity contribution < 1.29 is 41.9 Å². The van der Waals surface area contributed by atoms with Crippen molar-refractivity contribution in [3.05, 3.63) is 0 Å². The average molecular weight is 155 g/mol. The zero-order chi connectivity index (χ0) is 6.78. The minimum atomic E-state index is -4.97. The molecule has 0 heterocycles. The Morgan fingerprint density at radius 2 is 1.67 bits per heavy atom. The van der Waals surface area contributed by atoms with Gasteiger partial charge in [0.05, 0.1) is 0 Å². The summed E-state index contributed by atoms with van der Waals surface area (Å²) >= 11 is 0. The van der Waals surface area contributed by atoms with Crippen LogP contribution in [-0.2, 0) is 10.5 Å². The molecule has 0 fully saturated rings. The van der Waals surface area contributed by atoms with E-state index in [0.717, 1.165) is 0 Å². The molecule has 0 unspecified atom stereocenters. The van der Waals surface area contributed by atoms with E-state index in [9.17, 15) is 13.2 Å². The summed E-state index contributed by atoms with van der Waals surface area (Å²) in [4.78, 5) is 0. The van der Waals surface area contributed by atoms with Crippen molar-refractivity contribution in [2.75, 3.05) is 0 Å². The summed E-state index contributed by atoms with van der Waals surface area (Å²) in [6, 6.07) is 0. The first-order valence-corrected chi connectivity index (χ1v) is 2.34. The predicted octanol–water partition coefficient (Wildman–Crippen LogP) is -2.31. The zero-order valence-corrected chi connectivity index (χ0v) is 5.12. The van der Waals surface area contributed by atoms with Gasteiger partial charge in [0.2, 0.25) is 0 Å². The van der Waals surface area contributed by atoms with E-state index in [1.807, 2.05) is 0 Å². The van der Waals surface area contributed by atoms with Gasteiger partial charge >= 0.3 is 35.7 Å². The molecule has 0 aromatic rings. The molecular weight excluding hydrogens is 154 g/mol. The van der Waals surface area contributed by atoms with Gasteiger partial charge in [0.25, 0.3) is 0 Å². The van der Waals surface area contributed by atoms with Gasteiger partial charge in [-0.3, -0.25) is 0 Å². The second kappa shape index (κ2) is 3.93. The minimum absolute atomic E-state index is 0. The number of hydrogen-bond acceptors (Lipinski definition) is 3. The molecule has 0 aliphatic rings. The molecule has 0 aromatic heterocycles. The molecule has 0 atom stereocenters. The van der Waals surface area contributed by atoms with Crippen LogP contribution < -0.4 is 18.9 Å². The van der Waals surface area contributed by atoms with Crippen molar-refractivity contribution in [3.8, 4) is 0 Å². The van der Waals surface area contributed by atoms with E-state index in [2.05, 4.69) is 0 Å². The van der Waals surface area contributed by atoms with Gasteiger partial charge in [0.1, 0.15) is 0 Å². The fourth-order valence-electron chi connectivity index (χ4n) is 0.0845. The Morgan fingerprint density at radius 3 is 1.67 bits per heavy atom. The SMILES string of the molecule is O=S(=O)=NC(F)(F)F.[H-].[Li+]. The van der Waals surface area contributed by atoms with Crippen molar-refractivity contribution in [3.63, 3.8) is 0 Å². The van der Waals surface area contributed by atoms with Crippen molar-refractivity contribution in [1.82, 2.24) is 0 Å². The first-order valence-electron chi connectivity index (χ1n) is 1.31. The zero-order valence-electron chi connectivity index (χ0n) is 5.31. The van der Waals surface area contributed by atoms with Crippen LogP contribution in [0.4, 0.5) is 13.2 Å². The van der Waals surface area contributed by atoms with Crippen LogP contribution in [0, 0.1) is 0 Å². The molecule has 0 saturated carbocycles. The summed E-state index contributed by atoms with van der Waals surface area (Å²) in [6.45, 7) is 0. The maximum Gasteiger partial charge on any atom is 1.00 e. The van der Waals surface area contributed by atoms with E-state index in [0.29, 0.717) is 0 Å². The van der Waals surface area contributed by atoms with Crippen molar-refractivity contribution in [2.45, 2.75) is 6.30 Å². The van der Waals surface area contributed by atoms with Crippen LogP contribution >= 0.6 is 0 Å². The Bertz CT molecular complexity index is 189. The first kappa shape index (κ1) is 11.8. The Balaban J connectivity index is -0.000000245. The molecule has 9 heavy (non-hydrogen) atoms. The monoisotopic (exact) mass is 155 g/mol. The number of halogens is 3. The molecule has 0 aromatic carbocycles. The third kappa shape index (κ3) is 11.5. The third-order valence-electron chi connectivity index (χ3n) is 0.178. The van der Waals surface area contributed by atoms with Crippen LogP contribution in [0.2, 0.25) is 0 Å². The van der Waals surface area contributed by atoms with Crippen LogP contribution in [0.25, 0.3) is 0 Å². The molecule has 8 heteroatoms.